The molecule has 0 saturated carbocycles. The van der Waals surface area contributed by atoms with E-state index in [2.05, 4.69) is 24.0 Å². The van der Waals surface area contributed by atoms with Gasteiger partial charge in [0.15, 0.2) is 12.4 Å². The number of aromatic nitrogens is 1. The summed E-state index contributed by atoms with van der Waals surface area (Å²) in [6.07, 6.45) is 5.90. The van der Waals surface area contributed by atoms with Gasteiger partial charge in [0.25, 0.3) is 0 Å². The van der Waals surface area contributed by atoms with Gasteiger partial charge < -0.3 is 0 Å². The van der Waals surface area contributed by atoms with E-state index < -0.39 is 0 Å². The maximum absolute atomic E-state index is 4.41. The zero-order valence-electron chi connectivity index (χ0n) is 9.59. The molecule has 0 aliphatic heterocycles. The van der Waals surface area contributed by atoms with E-state index in [4.69, 9.17) is 0 Å². The third-order valence-corrected chi connectivity index (χ3v) is 2.40. The minimum atomic E-state index is 0.985. The maximum Gasteiger partial charge on any atom is 0.169 e. The minimum absolute atomic E-state index is 0.985. The monoisotopic (exact) mass is 211 g/mol. The lowest BCUT2D eigenvalue weighted by Gasteiger charge is -1.94. The molecule has 1 heterocycles. The average Bonchev–Trinajstić information content (AvgIpc) is 2.30. The van der Waals surface area contributed by atoms with Crippen LogP contribution in [-0.4, -0.2) is 6.21 Å². The molecule has 0 atom stereocenters. The topological polar surface area (TPSA) is 16.2 Å². The summed E-state index contributed by atoms with van der Waals surface area (Å²) in [5.41, 5.74) is 3.35. The highest BCUT2D eigenvalue weighted by molar-refractivity contribution is 5.81. The van der Waals surface area contributed by atoms with Crippen molar-refractivity contribution in [1.82, 2.24) is 0 Å². The molecule has 2 rings (SSSR count). The molecule has 0 N–H and O–H groups in total. The third kappa shape index (κ3) is 2.76. The van der Waals surface area contributed by atoms with Crippen molar-refractivity contribution in [2.45, 2.75) is 6.92 Å². The lowest BCUT2D eigenvalue weighted by molar-refractivity contribution is -0.671. The van der Waals surface area contributed by atoms with Gasteiger partial charge in [-0.05, 0) is 19.1 Å². The van der Waals surface area contributed by atoms with Gasteiger partial charge >= 0.3 is 0 Å². The Balaban J connectivity index is 2.15. The number of benzene rings is 1. The smallest absolute Gasteiger partial charge is 0.169 e. The van der Waals surface area contributed by atoms with Crippen LogP contribution in [0.15, 0.2) is 53.8 Å². The Morgan fingerprint density at radius 2 is 1.62 bits per heavy atom. The van der Waals surface area contributed by atoms with Crippen molar-refractivity contribution in [1.29, 1.82) is 0 Å². The molecular formula is C14H15N2+. The van der Waals surface area contributed by atoms with Crippen LogP contribution in [0.25, 0.3) is 0 Å². The largest absolute Gasteiger partial charge is 0.256 e. The molecule has 0 spiro atoms. The molecular weight excluding hydrogens is 196 g/mol. The molecule has 0 unspecified atom stereocenters. The van der Waals surface area contributed by atoms with Gasteiger partial charge in [0.05, 0.1) is 5.69 Å². The highest BCUT2D eigenvalue weighted by Crippen LogP contribution is 2.12. The van der Waals surface area contributed by atoms with E-state index in [1.54, 1.807) is 0 Å². The van der Waals surface area contributed by atoms with E-state index in [9.17, 15) is 0 Å². The number of nitrogens with zero attached hydrogens (tertiary/aromatic N) is 2. The fraction of sp³-hybridized carbons (Fsp3) is 0.143. The predicted octanol–water partition coefficient (Wildman–Crippen LogP) is 2.57. The third-order valence-electron chi connectivity index (χ3n) is 2.40. The Labute approximate surface area is 95.9 Å². The Kier molecular flexibility index (Phi) is 3.10. The van der Waals surface area contributed by atoms with Crippen molar-refractivity contribution in [2.75, 3.05) is 0 Å². The SMILES string of the molecule is Cc1ccc(N=Cc2cc[n+](C)cc2)cc1. The number of hydrogen-bond donors (Lipinski definition) is 0. The highest BCUT2D eigenvalue weighted by atomic mass is 14.9. The second-order valence-electron chi connectivity index (χ2n) is 3.89. The van der Waals surface area contributed by atoms with E-state index in [-0.39, 0.29) is 0 Å². The molecule has 0 saturated heterocycles. The molecule has 80 valence electrons. The molecule has 2 aromatic rings. The molecule has 0 aliphatic carbocycles. The summed E-state index contributed by atoms with van der Waals surface area (Å²) >= 11 is 0. The number of aryl methyl sites for hydroxylation is 2. The quantitative estimate of drug-likeness (QED) is 0.536. The van der Waals surface area contributed by atoms with Gasteiger partial charge in [-0.2, -0.15) is 0 Å². The first kappa shape index (κ1) is 10.6. The van der Waals surface area contributed by atoms with E-state index in [0.29, 0.717) is 0 Å². The normalized spacial score (nSPS) is 10.9. The number of hydrogen-bond acceptors (Lipinski definition) is 1. The lowest BCUT2D eigenvalue weighted by atomic mass is 10.2. The van der Waals surface area contributed by atoms with Crippen LogP contribution >= 0.6 is 0 Å². The molecule has 2 nitrogen and oxygen atoms in total. The Hall–Kier alpha value is -1.96. The minimum Gasteiger partial charge on any atom is -0.256 e. The van der Waals surface area contributed by atoms with Crippen molar-refractivity contribution >= 4 is 11.9 Å². The Bertz CT molecular complexity index is 434. The van der Waals surface area contributed by atoms with Crippen molar-refractivity contribution in [3.8, 4) is 0 Å². The second-order valence-corrected chi connectivity index (χ2v) is 3.89. The molecule has 0 amide bonds. The number of aliphatic imine (C=N–C) groups is 1. The summed E-state index contributed by atoms with van der Waals surface area (Å²) in [4.78, 5) is 4.41. The van der Waals surface area contributed by atoms with E-state index in [0.717, 1.165) is 11.3 Å². The zero-order chi connectivity index (χ0) is 11.4. The standard InChI is InChI=1S/C14H15N2/c1-12-3-5-14(6-4-12)15-11-13-7-9-16(2)10-8-13/h3-11H,1-2H3/q+1. The number of rotatable bonds is 2. The Morgan fingerprint density at radius 1 is 1.00 bits per heavy atom. The first-order valence-corrected chi connectivity index (χ1v) is 5.30. The van der Waals surface area contributed by atoms with Crippen LogP contribution in [0, 0.1) is 6.92 Å². The van der Waals surface area contributed by atoms with Crippen LogP contribution in [-0.2, 0) is 7.05 Å². The van der Waals surface area contributed by atoms with Gasteiger partial charge in [0.1, 0.15) is 7.05 Å². The van der Waals surface area contributed by atoms with E-state index >= 15 is 0 Å². The van der Waals surface area contributed by atoms with Gasteiger partial charge in [-0.3, -0.25) is 4.99 Å². The van der Waals surface area contributed by atoms with Crippen LogP contribution < -0.4 is 4.57 Å². The first-order chi connectivity index (χ1) is 7.74. The van der Waals surface area contributed by atoms with Crippen molar-refractivity contribution in [2.24, 2.45) is 12.0 Å². The van der Waals surface area contributed by atoms with E-state index in [1.165, 1.54) is 5.56 Å². The second kappa shape index (κ2) is 4.71. The zero-order valence-corrected chi connectivity index (χ0v) is 9.59. The average molecular weight is 211 g/mol. The summed E-state index contributed by atoms with van der Waals surface area (Å²) in [7, 11) is 2.00. The van der Waals surface area contributed by atoms with Gasteiger partial charge in [0.2, 0.25) is 0 Å². The van der Waals surface area contributed by atoms with Crippen LogP contribution in [0.3, 0.4) is 0 Å². The summed E-state index contributed by atoms with van der Waals surface area (Å²) < 4.78 is 2.00. The summed E-state index contributed by atoms with van der Waals surface area (Å²) in [6.45, 7) is 2.07. The van der Waals surface area contributed by atoms with Gasteiger partial charge in [-0.15, -0.1) is 0 Å². The fourth-order valence-corrected chi connectivity index (χ4v) is 1.38. The molecule has 1 aromatic carbocycles. The molecule has 0 radical (unpaired) electrons. The van der Waals surface area contributed by atoms with Gasteiger partial charge in [-0.1, -0.05) is 17.7 Å². The van der Waals surface area contributed by atoms with Crippen molar-refractivity contribution < 1.29 is 4.57 Å². The van der Waals surface area contributed by atoms with E-state index in [1.807, 2.05) is 54.5 Å². The predicted molar refractivity (Wildman–Crippen MR) is 66.1 cm³/mol. The molecule has 2 heteroatoms. The Morgan fingerprint density at radius 3 is 2.25 bits per heavy atom. The summed E-state index contributed by atoms with van der Waals surface area (Å²) in [5, 5.41) is 0. The van der Waals surface area contributed by atoms with Crippen LogP contribution in [0.2, 0.25) is 0 Å². The van der Waals surface area contributed by atoms with Crippen LogP contribution in [0.5, 0.6) is 0 Å². The molecule has 16 heavy (non-hydrogen) atoms. The van der Waals surface area contributed by atoms with Crippen molar-refractivity contribution in [3.63, 3.8) is 0 Å². The van der Waals surface area contributed by atoms with Crippen LogP contribution in [0.4, 0.5) is 5.69 Å². The van der Waals surface area contributed by atoms with Crippen molar-refractivity contribution in [3.05, 3.63) is 59.9 Å². The highest BCUT2D eigenvalue weighted by Gasteiger charge is 1.92. The molecule has 0 bridgehead atoms. The summed E-state index contributed by atoms with van der Waals surface area (Å²) in [6, 6.07) is 12.3. The number of pyridine rings is 1. The molecule has 0 aliphatic rings. The lowest BCUT2D eigenvalue weighted by Crippen LogP contribution is -2.25. The maximum atomic E-state index is 4.41. The molecule has 1 aromatic heterocycles. The van der Waals surface area contributed by atoms with Crippen LogP contribution in [0.1, 0.15) is 11.1 Å². The van der Waals surface area contributed by atoms with Gasteiger partial charge in [0, 0.05) is 23.9 Å². The molecule has 0 fully saturated rings. The fourth-order valence-electron chi connectivity index (χ4n) is 1.38. The summed E-state index contributed by atoms with van der Waals surface area (Å²) in [5.74, 6) is 0. The first-order valence-electron chi connectivity index (χ1n) is 5.30. The van der Waals surface area contributed by atoms with Gasteiger partial charge in [-0.25, -0.2) is 4.57 Å².